The summed E-state index contributed by atoms with van der Waals surface area (Å²) in [6.45, 7) is 3.04. The van der Waals surface area contributed by atoms with Gasteiger partial charge in [-0.15, -0.1) is 0 Å². The molecule has 35 heavy (non-hydrogen) atoms. The minimum Gasteiger partial charge on any atom is -0.475 e. The highest BCUT2D eigenvalue weighted by Crippen LogP contribution is 2.24. The number of amides is 1. The number of aromatic amines is 1. The molecule has 1 saturated heterocycles. The third kappa shape index (κ3) is 6.92. The predicted octanol–water partition coefficient (Wildman–Crippen LogP) is 3.17. The number of likely N-dealkylation sites (tertiary alicyclic amines) is 1. The second-order valence-electron chi connectivity index (χ2n) is 7.96. The van der Waals surface area contributed by atoms with Crippen LogP contribution in [0.25, 0.3) is 11.0 Å². The fourth-order valence-electron chi connectivity index (χ4n) is 3.87. The molecule has 0 aliphatic carbocycles. The second kappa shape index (κ2) is 11.2. The number of H-pyrrole nitrogens is 1. The molecule has 0 atom stereocenters. The molecule has 12 heteroatoms. The zero-order valence-electron chi connectivity index (χ0n) is 18.5. The molecule has 0 saturated carbocycles. The van der Waals surface area contributed by atoms with E-state index in [4.69, 9.17) is 9.90 Å². The highest BCUT2D eigenvalue weighted by atomic mass is 19.4. The number of imidazole rings is 1. The lowest BCUT2D eigenvalue weighted by atomic mass is 10.0. The van der Waals surface area contributed by atoms with E-state index in [9.17, 15) is 27.2 Å². The Kier molecular flexibility index (Phi) is 8.28. The van der Waals surface area contributed by atoms with E-state index in [1.54, 1.807) is 0 Å². The van der Waals surface area contributed by atoms with Crippen molar-refractivity contribution in [3.63, 3.8) is 0 Å². The Morgan fingerprint density at radius 3 is 2.26 bits per heavy atom. The number of nitrogens with one attached hydrogen (secondary N) is 2. The van der Waals surface area contributed by atoms with Gasteiger partial charge in [-0.25, -0.2) is 14.0 Å². The first-order valence-corrected chi connectivity index (χ1v) is 10.8. The molecular formula is C23H24F4N4O4. The predicted molar refractivity (Wildman–Crippen MR) is 120 cm³/mol. The fourth-order valence-corrected chi connectivity index (χ4v) is 3.87. The van der Waals surface area contributed by atoms with Gasteiger partial charge >= 0.3 is 17.8 Å². The molecule has 188 valence electrons. The van der Waals surface area contributed by atoms with Crippen molar-refractivity contribution in [2.75, 3.05) is 26.2 Å². The second-order valence-corrected chi connectivity index (χ2v) is 7.96. The number of hydrogen-bond acceptors (Lipinski definition) is 4. The van der Waals surface area contributed by atoms with Gasteiger partial charge < -0.3 is 20.3 Å². The number of carboxylic acids is 1. The number of benzene rings is 2. The maximum atomic E-state index is 12.9. The van der Waals surface area contributed by atoms with Gasteiger partial charge in [0.1, 0.15) is 5.82 Å². The Labute approximate surface area is 197 Å². The number of halogens is 4. The molecule has 8 nitrogen and oxygen atoms in total. The molecular weight excluding hydrogens is 472 g/mol. The van der Waals surface area contributed by atoms with E-state index in [0.29, 0.717) is 12.1 Å². The van der Waals surface area contributed by atoms with Crippen LogP contribution in [0.2, 0.25) is 0 Å². The van der Waals surface area contributed by atoms with Crippen LogP contribution in [0.5, 0.6) is 0 Å². The molecule has 3 N–H and O–H groups in total. The van der Waals surface area contributed by atoms with Crippen molar-refractivity contribution in [1.82, 2.24) is 19.8 Å². The first-order chi connectivity index (χ1) is 16.6. The zero-order valence-corrected chi connectivity index (χ0v) is 18.5. The largest absolute Gasteiger partial charge is 0.490 e. The van der Waals surface area contributed by atoms with Crippen LogP contribution >= 0.6 is 0 Å². The average Bonchev–Trinajstić information content (AvgIpc) is 3.15. The summed E-state index contributed by atoms with van der Waals surface area (Å²) >= 11 is 0. The van der Waals surface area contributed by atoms with Crippen LogP contribution in [-0.2, 0) is 4.79 Å². The van der Waals surface area contributed by atoms with Gasteiger partial charge in [0.05, 0.1) is 11.0 Å². The Morgan fingerprint density at radius 1 is 1.06 bits per heavy atom. The van der Waals surface area contributed by atoms with E-state index in [2.05, 4.69) is 15.2 Å². The lowest BCUT2D eigenvalue weighted by molar-refractivity contribution is -0.192. The van der Waals surface area contributed by atoms with Gasteiger partial charge in [0.2, 0.25) is 0 Å². The maximum absolute atomic E-state index is 12.9. The smallest absolute Gasteiger partial charge is 0.475 e. The molecule has 2 heterocycles. The molecule has 0 unspecified atom stereocenters. The highest BCUT2D eigenvalue weighted by molar-refractivity contribution is 5.94. The molecule has 1 aromatic heterocycles. The number of hydrogen-bond donors (Lipinski definition) is 3. The van der Waals surface area contributed by atoms with Crippen molar-refractivity contribution in [1.29, 1.82) is 0 Å². The first-order valence-electron chi connectivity index (χ1n) is 10.8. The summed E-state index contributed by atoms with van der Waals surface area (Å²) in [5.74, 6) is -3.30. The monoisotopic (exact) mass is 496 g/mol. The van der Waals surface area contributed by atoms with Crippen molar-refractivity contribution in [3.8, 4) is 0 Å². The van der Waals surface area contributed by atoms with Crippen molar-refractivity contribution < 1.29 is 32.3 Å². The Morgan fingerprint density at radius 2 is 1.66 bits per heavy atom. The molecule has 1 aliphatic rings. The number of carboxylic acid groups (broad SMARTS) is 1. The number of aromatic nitrogens is 2. The number of para-hydroxylation sites is 2. The molecule has 1 aliphatic heterocycles. The lowest BCUT2D eigenvalue weighted by Crippen LogP contribution is -2.41. The number of piperidine rings is 1. The van der Waals surface area contributed by atoms with Crippen molar-refractivity contribution in [2.24, 2.45) is 0 Å². The van der Waals surface area contributed by atoms with Gasteiger partial charge in [-0.3, -0.25) is 9.36 Å². The van der Waals surface area contributed by atoms with E-state index in [1.807, 2.05) is 28.8 Å². The summed E-state index contributed by atoms with van der Waals surface area (Å²) in [7, 11) is 0. The summed E-state index contributed by atoms with van der Waals surface area (Å²) in [5, 5.41) is 10.00. The summed E-state index contributed by atoms with van der Waals surface area (Å²) in [6.07, 6.45) is -3.29. The Bertz CT molecular complexity index is 1210. The third-order valence-corrected chi connectivity index (χ3v) is 5.61. The molecule has 0 bridgehead atoms. The van der Waals surface area contributed by atoms with E-state index >= 15 is 0 Å². The molecule has 3 aromatic rings. The number of carbonyl (C=O) groups is 2. The molecule has 1 fully saturated rings. The fraction of sp³-hybridized carbons (Fsp3) is 0.348. The van der Waals surface area contributed by atoms with Crippen LogP contribution < -0.4 is 11.0 Å². The molecule has 0 radical (unpaired) electrons. The van der Waals surface area contributed by atoms with E-state index in [0.717, 1.165) is 43.5 Å². The van der Waals surface area contributed by atoms with Gasteiger partial charge in [-0.2, -0.15) is 13.2 Å². The van der Waals surface area contributed by atoms with Crippen LogP contribution in [0.4, 0.5) is 17.6 Å². The number of rotatable bonds is 5. The topological polar surface area (TPSA) is 107 Å². The number of alkyl halides is 3. The van der Waals surface area contributed by atoms with Crippen LogP contribution in [0, 0.1) is 5.82 Å². The summed E-state index contributed by atoms with van der Waals surface area (Å²) < 4.78 is 46.5. The number of nitrogens with zero attached hydrogens (tertiary/aromatic N) is 2. The first kappa shape index (κ1) is 25.9. The van der Waals surface area contributed by atoms with Gasteiger partial charge in [-0.05, 0) is 49.2 Å². The minimum absolute atomic E-state index is 0.0498. The number of fused-ring (bicyclic) bond motifs is 1. The van der Waals surface area contributed by atoms with E-state index in [1.165, 1.54) is 24.3 Å². The summed E-state index contributed by atoms with van der Waals surface area (Å²) in [4.78, 5) is 38.5. The van der Waals surface area contributed by atoms with Crippen LogP contribution in [0.3, 0.4) is 0 Å². The van der Waals surface area contributed by atoms with Gasteiger partial charge in [0.15, 0.2) is 0 Å². The van der Waals surface area contributed by atoms with Gasteiger partial charge in [-0.1, -0.05) is 12.1 Å². The van der Waals surface area contributed by atoms with E-state index < -0.39 is 12.1 Å². The quantitative estimate of drug-likeness (QED) is 0.471. The van der Waals surface area contributed by atoms with Crippen molar-refractivity contribution in [3.05, 3.63) is 70.4 Å². The van der Waals surface area contributed by atoms with Crippen molar-refractivity contribution in [2.45, 2.75) is 25.1 Å². The number of carbonyl (C=O) groups excluding carboxylic acids is 1. The highest BCUT2D eigenvalue weighted by Gasteiger charge is 2.38. The maximum Gasteiger partial charge on any atom is 0.490 e. The standard InChI is InChI=1S/C21H23FN4O2.C2HF3O2/c22-16-7-5-15(6-8-16)20(27)23-11-14-25-12-9-17(10-13-25)26-19-4-2-1-3-18(19)24-21(26)28;3-2(4,5)1(6)7/h1-8,17H,9-14H2,(H,23,27)(H,24,28);(H,6,7). The molecule has 4 rings (SSSR count). The molecule has 2 aromatic carbocycles. The van der Waals surface area contributed by atoms with Crippen LogP contribution in [0.15, 0.2) is 53.3 Å². The van der Waals surface area contributed by atoms with Crippen LogP contribution in [0.1, 0.15) is 29.2 Å². The number of aliphatic carboxylic acids is 1. The van der Waals surface area contributed by atoms with Gasteiger partial charge in [0, 0.05) is 37.8 Å². The van der Waals surface area contributed by atoms with E-state index in [-0.39, 0.29) is 23.5 Å². The SMILES string of the molecule is O=C(NCCN1CCC(n2c(=O)[nH]c3ccccc32)CC1)c1ccc(F)cc1.O=C(O)C(F)(F)F. The molecule has 0 spiro atoms. The summed E-state index contributed by atoms with van der Waals surface area (Å²) in [5.41, 5.74) is 2.24. The van der Waals surface area contributed by atoms with Crippen LogP contribution in [-0.4, -0.2) is 63.8 Å². The normalized spacial score (nSPS) is 14.9. The zero-order chi connectivity index (χ0) is 25.6. The molecule has 1 amide bonds. The van der Waals surface area contributed by atoms with Crippen molar-refractivity contribution >= 4 is 22.9 Å². The van der Waals surface area contributed by atoms with Gasteiger partial charge in [0.25, 0.3) is 5.91 Å². The minimum atomic E-state index is -5.08. The Balaban J connectivity index is 0.000000429. The Hall–Kier alpha value is -3.67. The summed E-state index contributed by atoms with van der Waals surface area (Å²) in [6, 6.07) is 13.5. The average molecular weight is 496 g/mol. The lowest BCUT2D eigenvalue weighted by Gasteiger charge is -2.32. The third-order valence-electron chi connectivity index (χ3n) is 5.61.